The first-order valence-corrected chi connectivity index (χ1v) is 6.59. The van der Waals surface area contributed by atoms with Gasteiger partial charge in [-0.05, 0) is 12.8 Å². The molecule has 15 heavy (non-hydrogen) atoms. The molecule has 1 aliphatic carbocycles. The van der Waals surface area contributed by atoms with E-state index in [9.17, 15) is 8.42 Å². The minimum atomic E-state index is -3.05. The van der Waals surface area contributed by atoms with E-state index in [1.165, 1.54) is 0 Å². The Kier molecular flexibility index (Phi) is 1.90. The maximum Gasteiger partial charge on any atom is 0.217 e. The van der Waals surface area contributed by atoms with Crippen molar-refractivity contribution in [2.45, 2.75) is 31.1 Å². The number of rotatable bonds is 2. The first kappa shape index (κ1) is 9.35. The number of hydrogen-bond donors (Lipinski definition) is 0. The fraction of sp³-hybridized carbons (Fsp3) is 0.667. The summed E-state index contributed by atoms with van der Waals surface area (Å²) in [5, 5.41) is 3.56. The van der Waals surface area contributed by atoms with Crippen LogP contribution in [-0.2, 0) is 23.0 Å². The summed E-state index contributed by atoms with van der Waals surface area (Å²) < 4.78 is 30.5. The van der Waals surface area contributed by atoms with E-state index < -0.39 is 10.0 Å². The molecule has 0 unspecified atom stereocenters. The number of nitrogens with zero attached hydrogens (tertiary/aromatic N) is 2. The third-order valence-corrected chi connectivity index (χ3v) is 5.32. The quantitative estimate of drug-likeness (QED) is 0.740. The van der Waals surface area contributed by atoms with Gasteiger partial charge in [0.15, 0.2) is 0 Å². The standard InChI is InChI=1S/C9H12N2O3S/c12-15(13,8-1-2-8)11-4-3-9-7(6-11)5-10-14-9/h5,8H,1-4,6H2. The predicted octanol–water partition coefficient (Wildman–Crippen LogP) is 0.525. The molecule has 82 valence electrons. The third-order valence-electron chi connectivity index (χ3n) is 2.97. The summed E-state index contributed by atoms with van der Waals surface area (Å²) in [6, 6.07) is 0. The summed E-state index contributed by atoms with van der Waals surface area (Å²) in [5.74, 6) is 0.831. The van der Waals surface area contributed by atoms with Crippen molar-refractivity contribution in [3.8, 4) is 0 Å². The molecule has 0 N–H and O–H groups in total. The van der Waals surface area contributed by atoms with Crippen molar-refractivity contribution in [1.29, 1.82) is 0 Å². The topological polar surface area (TPSA) is 63.4 Å². The lowest BCUT2D eigenvalue weighted by Gasteiger charge is -2.24. The molecule has 1 saturated carbocycles. The summed E-state index contributed by atoms with van der Waals surface area (Å²) in [7, 11) is -3.05. The Bertz CT molecular complexity index is 475. The van der Waals surface area contributed by atoms with Crippen LogP contribution >= 0.6 is 0 Å². The number of hydrogen-bond acceptors (Lipinski definition) is 4. The monoisotopic (exact) mass is 228 g/mol. The molecular formula is C9H12N2O3S. The van der Waals surface area contributed by atoms with Gasteiger partial charge in [-0.2, -0.15) is 4.31 Å². The largest absolute Gasteiger partial charge is 0.361 e. The van der Waals surface area contributed by atoms with Gasteiger partial charge in [0, 0.05) is 25.1 Å². The molecule has 2 aliphatic rings. The average Bonchev–Trinajstić information content (AvgIpc) is 2.97. The van der Waals surface area contributed by atoms with E-state index in [4.69, 9.17) is 4.52 Å². The lowest BCUT2D eigenvalue weighted by atomic mass is 10.1. The van der Waals surface area contributed by atoms with Crippen LogP contribution in [0, 0.1) is 0 Å². The van der Waals surface area contributed by atoms with E-state index >= 15 is 0 Å². The Labute approximate surface area is 88.1 Å². The molecule has 1 aromatic rings. The van der Waals surface area contributed by atoms with Gasteiger partial charge in [0.2, 0.25) is 10.0 Å². The highest BCUT2D eigenvalue weighted by Crippen LogP contribution is 2.33. The predicted molar refractivity (Wildman–Crippen MR) is 52.6 cm³/mol. The zero-order valence-corrected chi connectivity index (χ0v) is 9.03. The van der Waals surface area contributed by atoms with Gasteiger partial charge >= 0.3 is 0 Å². The van der Waals surface area contributed by atoms with Crippen molar-refractivity contribution in [2.24, 2.45) is 0 Å². The van der Waals surface area contributed by atoms with Gasteiger partial charge in [-0.25, -0.2) is 8.42 Å². The zero-order valence-electron chi connectivity index (χ0n) is 8.22. The van der Waals surface area contributed by atoms with Crippen LogP contribution in [0.5, 0.6) is 0 Å². The minimum Gasteiger partial charge on any atom is -0.361 e. The van der Waals surface area contributed by atoms with Crippen molar-refractivity contribution in [3.05, 3.63) is 17.5 Å². The molecule has 1 fully saturated rings. The second-order valence-electron chi connectivity index (χ2n) is 4.10. The van der Waals surface area contributed by atoms with Gasteiger partial charge in [0.1, 0.15) is 5.76 Å². The van der Waals surface area contributed by atoms with E-state index in [2.05, 4.69) is 5.16 Å². The second kappa shape index (κ2) is 3.05. The Morgan fingerprint density at radius 1 is 1.47 bits per heavy atom. The van der Waals surface area contributed by atoms with Gasteiger partial charge in [0.25, 0.3) is 0 Å². The molecule has 0 atom stereocenters. The number of aromatic nitrogens is 1. The zero-order chi connectivity index (χ0) is 10.5. The minimum absolute atomic E-state index is 0.126. The van der Waals surface area contributed by atoms with Gasteiger partial charge in [-0.15, -0.1) is 0 Å². The SMILES string of the molecule is O=S(=O)(C1CC1)N1CCc2oncc2C1. The molecule has 2 heterocycles. The summed E-state index contributed by atoms with van der Waals surface area (Å²) in [6.07, 6.45) is 3.88. The maximum absolute atomic E-state index is 12.0. The van der Waals surface area contributed by atoms with E-state index in [0.717, 1.165) is 24.2 Å². The van der Waals surface area contributed by atoms with Crippen LogP contribution in [0.4, 0.5) is 0 Å². The Morgan fingerprint density at radius 3 is 3.00 bits per heavy atom. The van der Waals surface area contributed by atoms with Crippen molar-refractivity contribution in [2.75, 3.05) is 6.54 Å². The second-order valence-corrected chi connectivity index (χ2v) is 6.32. The van der Waals surface area contributed by atoms with Crippen molar-refractivity contribution < 1.29 is 12.9 Å². The van der Waals surface area contributed by atoms with Crippen LogP contribution in [0.15, 0.2) is 10.7 Å². The van der Waals surface area contributed by atoms with Crippen molar-refractivity contribution >= 4 is 10.0 Å². The van der Waals surface area contributed by atoms with E-state index in [1.807, 2.05) is 0 Å². The molecule has 0 spiro atoms. The van der Waals surface area contributed by atoms with Crippen LogP contribution in [0.25, 0.3) is 0 Å². The molecule has 0 aromatic carbocycles. The average molecular weight is 228 g/mol. The normalized spacial score (nSPS) is 22.7. The van der Waals surface area contributed by atoms with Crippen LogP contribution in [0.3, 0.4) is 0 Å². The molecule has 1 aromatic heterocycles. The van der Waals surface area contributed by atoms with E-state index in [-0.39, 0.29) is 5.25 Å². The molecule has 0 bridgehead atoms. The lowest BCUT2D eigenvalue weighted by molar-refractivity contribution is 0.331. The van der Waals surface area contributed by atoms with Crippen LogP contribution < -0.4 is 0 Å². The van der Waals surface area contributed by atoms with Gasteiger partial charge in [-0.1, -0.05) is 5.16 Å². The maximum atomic E-state index is 12.0. The summed E-state index contributed by atoms with van der Waals surface area (Å²) in [6.45, 7) is 0.957. The smallest absolute Gasteiger partial charge is 0.217 e. The van der Waals surface area contributed by atoms with Crippen LogP contribution in [-0.4, -0.2) is 29.7 Å². The molecule has 1 aliphatic heterocycles. The van der Waals surface area contributed by atoms with Crippen molar-refractivity contribution in [1.82, 2.24) is 9.46 Å². The highest BCUT2D eigenvalue weighted by molar-refractivity contribution is 7.90. The first-order valence-electron chi connectivity index (χ1n) is 5.09. The molecule has 6 heteroatoms. The van der Waals surface area contributed by atoms with E-state index in [0.29, 0.717) is 19.5 Å². The molecule has 5 nitrogen and oxygen atoms in total. The lowest BCUT2D eigenvalue weighted by Crippen LogP contribution is -2.37. The third kappa shape index (κ3) is 1.48. The summed E-state index contributed by atoms with van der Waals surface area (Å²) in [5.41, 5.74) is 0.908. The highest BCUT2D eigenvalue weighted by atomic mass is 32.2. The van der Waals surface area contributed by atoms with Gasteiger partial charge in [0.05, 0.1) is 11.4 Å². The Hall–Kier alpha value is -0.880. The molecule has 3 rings (SSSR count). The molecular weight excluding hydrogens is 216 g/mol. The fourth-order valence-electron chi connectivity index (χ4n) is 1.91. The number of fused-ring (bicyclic) bond motifs is 1. The fourth-order valence-corrected chi connectivity index (χ4v) is 3.73. The Balaban J connectivity index is 1.87. The molecule has 0 amide bonds. The van der Waals surface area contributed by atoms with E-state index in [1.54, 1.807) is 10.5 Å². The first-order chi connectivity index (χ1) is 7.18. The summed E-state index contributed by atoms with van der Waals surface area (Å²) in [4.78, 5) is 0. The van der Waals surface area contributed by atoms with Crippen molar-refractivity contribution in [3.63, 3.8) is 0 Å². The van der Waals surface area contributed by atoms with Crippen LogP contribution in [0.2, 0.25) is 0 Å². The molecule has 0 saturated heterocycles. The number of sulfonamides is 1. The Morgan fingerprint density at radius 2 is 2.27 bits per heavy atom. The van der Waals surface area contributed by atoms with Gasteiger partial charge < -0.3 is 4.52 Å². The van der Waals surface area contributed by atoms with Crippen LogP contribution in [0.1, 0.15) is 24.2 Å². The summed E-state index contributed by atoms with van der Waals surface area (Å²) >= 11 is 0. The van der Waals surface area contributed by atoms with Gasteiger partial charge in [-0.3, -0.25) is 0 Å². The highest BCUT2D eigenvalue weighted by Gasteiger charge is 2.41. The molecule has 0 radical (unpaired) electrons.